The van der Waals surface area contributed by atoms with Crippen LogP contribution >= 0.6 is 0 Å². The molecular formula is C32H36N4O5. The molecule has 3 aromatic rings. The van der Waals surface area contributed by atoms with Crippen LogP contribution in [0.15, 0.2) is 52.9 Å². The summed E-state index contributed by atoms with van der Waals surface area (Å²) in [4.78, 5) is 56.2. The molecule has 0 unspecified atom stereocenters. The minimum absolute atomic E-state index is 0.00686. The molecule has 0 spiro atoms. The second-order valence-corrected chi connectivity index (χ2v) is 12.2. The molecule has 1 saturated carbocycles. The summed E-state index contributed by atoms with van der Waals surface area (Å²) in [6.45, 7) is 5.42. The van der Waals surface area contributed by atoms with Crippen LogP contribution in [0, 0.1) is 5.41 Å². The van der Waals surface area contributed by atoms with Crippen molar-refractivity contribution in [1.29, 1.82) is 0 Å². The van der Waals surface area contributed by atoms with Gasteiger partial charge in [-0.1, -0.05) is 37.5 Å². The maximum atomic E-state index is 13.9. The molecule has 0 radical (unpaired) electrons. The van der Waals surface area contributed by atoms with E-state index in [9.17, 15) is 19.2 Å². The number of benzene rings is 2. The number of carbonyl (C=O) groups excluding carboxylic acids is 4. The van der Waals surface area contributed by atoms with Crippen LogP contribution in [0.1, 0.15) is 69.3 Å². The second kappa shape index (κ2) is 10.4. The summed E-state index contributed by atoms with van der Waals surface area (Å²) in [5, 5.41) is 6.89. The number of rotatable bonds is 6. The standard InChI is InChI=1S/C32H36N4O5/c1-31(2)20-36(30(31)40)25-18-22(12-13-24(25)35-16-8-10-23(37)19-35)33-29(39)32(14-6-3-7-15-32)34-28(38)27-17-21-9-4-5-11-26(21)41-27/h4-5,9,11-13,17-18H,3,6-8,10,14-16,19-20H2,1-2H3,(H,33,39)(H,34,38). The van der Waals surface area contributed by atoms with E-state index in [-0.39, 0.29) is 23.4 Å². The monoisotopic (exact) mass is 556 g/mol. The van der Waals surface area contributed by atoms with Crippen molar-refractivity contribution in [2.45, 2.75) is 64.3 Å². The van der Waals surface area contributed by atoms with Crippen LogP contribution in [0.4, 0.5) is 17.1 Å². The van der Waals surface area contributed by atoms with Crippen LogP contribution in [-0.4, -0.2) is 48.7 Å². The van der Waals surface area contributed by atoms with Crippen LogP contribution in [0.5, 0.6) is 0 Å². The van der Waals surface area contributed by atoms with Gasteiger partial charge in [0, 0.05) is 30.6 Å². The molecule has 3 heterocycles. The molecular weight excluding hydrogens is 520 g/mol. The number of piperidine rings is 1. The van der Waals surface area contributed by atoms with Gasteiger partial charge in [-0.25, -0.2) is 0 Å². The van der Waals surface area contributed by atoms with Gasteiger partial charge >= 0.3 is 0 Å². The normalized spacial score (nSPS) is 20.0. The zero-order valence-electron chi connectivity index (χ0n) is 23.6. The number of nitrogens with zero attached hydrogens (tertiary/aromatic N) is 2. The molecule has 0 atom stereocenters. The lowest BCUT2D eigenvalue weighted by atomic mass is 9.80. The Hall–Kier alpha value is -4.14. The smallest absolute Gasteiger partial charge is 0.287 e. The predicted molar refractivity (Wildman–Crippen MR) is 157 cm³/mol. The van der Waals surface area contributed by atoms with E-state index >= 15 is 0 Å². The lowest BCUT2D eigenvalue weighted by molar-refractivity contribution is -0.132. The molecule has 2 N–H and O–H groups in total. The van der Waals surface area contributed by atoms with Gasteiger partial charge in [-0.15, -0.1) is 0 Å². The highest BCUT2D eigenvalue weighted by atomic mass is 16.3. The molecule has 9 nitrogen and oxygen atoms in total. The number of Topliss-reactive ketones (excluding diaryl/α,β-unsaturated/α-hetero) is 1. The summed E-state index contributed by atoms with van der Waals surface area (Å²) in [6.07, 6.45) is 5.00. The number of hydrogen-bond donors (Lipinski definition) is 2. The summed E-state index contributed by atoms with van der Waals surface area (Å²) in [5.41, 5.74) is 1.11. The van der Waals surface area contributed by atoms with Crippen LogP contribution in [0.3, 0.4) is 0 Å². The first-order valence-corrected chi connectivity index (χ1v) is 14.5. The van der Waals surface area contributed by atoms with Crippen molar-refractivity contribution in [2.24, 2.45) is 5.41 Å². The van der Waals surface area contributed by atoms with Gasteiger partial charge < -0.3 is 24.9 Å². The van der Waals surface area contributed by atoms with E-state index in [0.29, 0.717) is 49.3 Å². The third-order valence-electron chi connectivity index (χ3n) is 8.64. The lowest BCUT2D eigenvalue weighted by Crippen LogP contribution is -2.59. The summed E-state index contributed by atoms with van der Waals surface area (Å²) in [7, 11) is 0. The first-order chi connectivity index (χ1) is 19.6. The van der Waals surface area contributed by atoms with Crippen molar-refractivity contribution >= 4 is 51.5 Å². The Balaban J connectivity index is 1.27. The molecule has 2 aromatic carbocycles. The van der Waals surface area contributed by atoms with Crippen LogP contribution in [-0.2, 0) is 14.4 Å². The fourth-order valence-electron chi connectivity index (χ4n) is 6.32. The molecule has 41 heavy (non-hydrogen) atoms. The summed E-state index contributed by atoms with van der Waals surface area (Å²) >= 11 is 0. The van der Waals surface area contributed by atoms with Gasteiger partial charge in [-0.2, -0.15) is 0 Å². The summed E-state index contributed by atoms with van der Waals surface area (Å²) in [5.74, 6) is -0.353. The summed E-state index contributed by atoms with van der Waals surface area (Å²) < 4.78 is 5.77. The van der Waals surface area contributed by atoms with E-state index in [1.165, 1.54) is 0 Å². The maximum Gasteiger partial charge on any atom is 0.287 e. The number of anilines is 3. The third-order valence-corrected chi connectivity index (χ3v) is 8.64. The number of nitrogens with one attached hydrogen (secondary N) is 2. The average molecular weight is 557 g/mol. The third kappa shape index (κ3) is 5.09. The first kappa shape index (κ1) is 27.1. The van der Waals surface area contributed by atoms with Crippen LogP contribution in [0.2, 0.25) is 0 Å². The largest absolute Gasteiger partial charge is 0.451 e. The maximum absolute atomic E-state index is 13.9. The van der Waals surface area contributed by atoms with Gasteiger partial charge in [-0.05, 0) is 63.4 Å². The molecule has 3 amide bonds. The molecule has 1 aliphatic carbocycles. The van der Waals surface area contributed by atoms with Crippen molar-refractivity contribution in [3.05, 3.63) is 54.3 Å². The number of carbonyl (C=O) groups is 4. The molecule has 3 fully saturated rings. The van der Waals surface area contributed by atoms with Crippen molar-refractivity contribution in [3.63, 3.8) is 0 Å². The van der Waals surface area contributed by atoms with Gasteiger partial charge in [0.1, 0.15) is 11.1 Å². The van der Waals surface area contributed by atoms with Gasteiger partial charge in [0.05, 0.1) is 23.3 Å². The number of para-hydroxylation sites is 1. The fourth-order valence-corrected chi connectivity index (χ4v) is 6.32. The number of hydrogen-bond acceptors (Lipinski definition) is 6. The van der Waals surface area contributed by atoms with Crippen molar-refractivity contribution in [1.82, 2.24) is 5.32 Å². The Kier molecular flexibility index (Phi) is 6.83. The Bertz CT molecular complexity index is 1500. The second-order valence-electron chi connectivity index (χ2n) is 12.2. The molecule has 3 aliphatic rings. The number of furan rings is 1. The van der Waals surface area contributed by atoms with Crippen molar-refractivity contribution in [2.75, 3.05) is 34.8 Å². The highest BCUT2D eigenvalue weighted by Crippen LogP contribution is 2.42. The van der Waals surface area contributed by atoms with Crippen LogP contribution in [0.25, 0.3) is 11.0 Å². The molecule has 214 valence electrons. The number of ketones is 1. The van der Waals surface area contributed by atoms with E-state index in [2.05, 4.69) is 10.6 Å². The van der Waals surface area contributed by atoms with Crippen molar-refractivity contribution < 1.29 is 23.6 Å². The lowest BCUT2D eigenvalue weighted by Gasteiger charge is -2.46. The van der Waals surface area contributed by atoms with Crippen LogP contribution < -0.4 is 20.4 Å². The summed E-state index contributed by atoms with van der Waals surface area (Å²) in [6, 6.07) is 14.6. The molecule has 1 aromatic heterocycles. The topological polar surface area (TPSA) is 112 Å². The highest BCUT2D eigenvalue weighted by molar-refractivity contribution is 6.08. The van der Waals surface area contributed by atoms with Crippen molar-refractivity contribution in [3.8, 4) is 0 Å². The minimum Gasteiger partial charge on any atom is -0.451 e. The Labute approximate surface area is 239 Å². The zero-order chi connectivity index (χ0) is 28.8. The van der Waals surface area contributed by atoms with E-state index in [0.717, 1.165) is 43.3 Å². The minimum atomic E-state index is -1.08. The number of β-lactam (4-membered cyclic amide) rings is 1. The number of fused-ring (bicyclic) bond motifs is 1. The average Bonchev–Trinajstić information content (AvgIpc) is 3.41. The van der Waals surface area contributed by atoms with E-state index in [1.807, 2.05) is 55.1 Å². The molecule has 2 saturated heterocycles. The zero-order valence-corrected chi connectivity index (χ0v) is 23.6. The molecule has 2 aliphatic heterocycles. The Morgan fingerprint density at radius 3 is 2.41 bits per heavy atom. The fraction of sp³-hybridized carbons (Fsp3) is 0.438. The Morgan fingerprint density at radius 1 is 0.927 bits per heavy atom. The quantitative estimate of drug-likeness (QED) is 0.411. The SMILES string of the molecule is CC1(C)CN(c2cc(NC(=O)C3(NC(=O)c4cc5ccccc5o4)CCCCC3)ccc2N2CCCC(=O)C2)C1=O. The molecule has 0 bridgehead atoms. The van der Waals surface area contributed by atoms with Gasteiger partial charge in [0.2, 0.25) is 11.8 Å². The first-order valence-electron chi connectivity index (χ1n) is 14.5. The van der Waals surface area contributed by atoms with E-state index < -0.39 is 16.9 Å². The molecule has 6 rings (SSSR count). The highest BCUT2D eigenvalue weighted by Gasteiger charge is 2.46. The number of amides is 3. The van der Waals surface area contributed by atoms with Gasteiger partial charge in [-0.3, -0.25) is 19.2 Å². The molecule has 9 heteroatoms. The van der Waals surface area contributed by atoms with E-state index in [4.69, 9.17) is 4.42 Å². The van der Waals surface area contributed by atoms with E-state index in [1.54, 1.807) is 17.0 Å². The van der Waals surface area contributed by atoms with Gasteiger partial charge in [0.15, 0.2) is 11.5 Å². The predicted octanol–water partition coefficient (Wildman–Crippen LogP) is 5.05. The van der Waals surface area contributed by atoms with Gasteiger partial charge in [0.25, 0.3) is 5.91 Å². The Morgan fingerprint density at radius 2 is 1.71 bits per heavy atom.